The van der Waals surface area contributed by atoms with Crippen LogP contribution in [0.25, 0.3) is 0 Å². The van der Waals surface area contributed by atoms with E-state index in [4.69, 9.17) is 0 Å². The number of benzene rings is 1. The second-order valence-electron chi connectivity index (χ2n) is 6.68. The maximum Gasteiger partial charge on any atom is 0.416 e. The molecule has 0 aliphatic carbocycles. The van der Waals surface area contributed by atoms with E-state index in [1.807, 2.05) is 0 Å². The molecule has 1 fully saturated rings. The summed E-state index contributed by atoms with van der Waals surface area (Å²) < 4.78 is 62.6. The predicted molar refractivity (Wildman–Crippen MR) is 91.9 cm³/mol. The summed E-state index contributed by atoms with van der Waals surface area (Å²) in [6.07, 6.45) is -0.450. The van der Waals surface area contributed by atoms with Gasteiger partial charge in [-0.2, -0.15) is 13.2 Å². The SMILES string of the molecule is CS(=O)(=O)NCC(=O)N1CCC[C@H](CCc2cccc(C(F)(F)F)c2)C1. The summed E-state index contributed by atoms with van der Waals surface area (Å²) >= 11 is 0. The fraction of sp³-hybridized carbons (Fsp3) is 0.588. The summed E-state index contributed by atoms with van der Waals surface area (Å²) in [4.78, 5) is 13.7. The Morgan fingerprint density at radius 2 is 2.08 bits per heavy atom. The van der Waals surface area contributed by atoms with Gasteiger partial charge in [-0.15, -0.1) is 0 Å². The lowest BCUT2D eigenvalue weighted by Crippen LogP contribution is -2.44. The molecule has 0 bridgehead atoms. The number of carbonyl (C=O) groups excluding carboxylic acids is 1. The van der Waals surface area contributed by atoms with E-state index < -0.39 is 21.8 Å². The molecule has 1 atom stereocenters. The van der Waals surface area contributed by atoms with Gasteiger partial charge < -0.3 is 4.90 Å². The van der Waals surface area contributed by atoms with Crippen molar-refractivity contribution in [3.63, 3.8) is 0 Å². The Balaban J connectivity index is 1.87. The van der Waals surface area contributed by atoms with E-state index in [-0.39, 0.29) is 18.4 Å². The van der Waals surface area contributed by atoms with E-state index in [0.29, 0.717) is 31.5 Å². The summed E-state index contributed by atoms with van der Waals surface area (Å²) in [5.74, 6) is -0.0836. The smallest absolute Gasteiger partial charge is 0.341 e. The van der Waals surface area contributed by atoms with Crippen molar-refractivity contribution in [2.75, 3.05) is 25.9 Å². The normalized spacial score (nSPS) is 18.8. The van der Waals surface area contributed by atoms with Crippen LogP contribution in [0.15, 0.2) is 24.3 Å². The van der Waals surface area contributed by atoms with Crippen LogP contribution in [0, 0.1) is 5.92 Å². The highest BCUT2D eigenvalue weighted by molar-refractivity contribution is 7.88. The van der Waals surface area contributed by atoms with E-state index in [0.717, 1.165) is 25.2 Å². The van der Waals surface area contributed by atoms with Crippen molar-refractivity contribution in [2.45, 2.75) is 31.9 Å². The Morgan fingerprint density at radius 3 is 2.73 bits per heavy atom. The molecule has 1 heterocycles. The number of likely N-dealkylation sites (tertiary alicyclic amines) is 1. The number of rotatable bonds is 6. The lowest BCUT2D eigenvalue weighted by molar-refractivity contribution is -0.137. The zero-order valence-corrected chi connectivity index (χ0v) is 15.4. The van der Waals surface area contributed by atoms with Gasteiger partial charge in [-0.3, -0.25) is 4.79 Å². The van der Waals surface area contributed by atoms with E-state index >= 15 is 0 Å². The third-order valence-corrected chi connectivity index (χ3v) is 5.12. The zero-order valence-electron chi connectivity index (χ0n) is 14.6. The number of carbonyl (C=O) groups is 1. The van der Waals surface area contributed by atoms with Crippen molar-refractivity contribution in [3.8, 4) is 0 Å². The van der Waals surface area contributed by atoms with Crippen LogP contribution in [0.3, 0.4) is 0 Å². The summed E-state index contributed by atoms with van der Waals surface area (Å²) in [7, 11) is -3.42. The Bertz CT molecular complexity index is 735. The maximum absolute atomic E-state index is 12.8. The number of sulfonamides is 1. The average Bonchev–Trinajstić information content (AvgIpc) is 2.57. The van der Waals surface area contributed by atoms with Crippen LogP contribution in [0.4, 0.5) is 13.2 Å². The molecule has 1 aromatic rings. The molecule has 146 valence electrons. The molecule has 1 saturated heterocycles. The highest BCUT2D eigenvalue weighted by Crippen LogP contribution is 2.30. The van der Waals surface area contributed by atoms with Crippen molar-refractivity contribution >= 4 is 15.9 Å². The molecule has 0 aromatic heterocycles. The first-order valence-corrected chi connectivity index (χ1v) is 10.3. The van der Waals surface area contributed by atoms with Gasteiger partial charge in [0.15, 0.2) is 0 Å². The fourth-order valence-electron chi connectivity index (χ4n) is 3.11. The minimum Gasteiger partial charge on any atom is -0.341 e. The molecule has 1 aromatic carbocycles. The van der Waals surface area contributed by atoms with E-state index in [2.05, 4.69) is 4.72 Å². The van der Waals surface area contributed by atoms with E-state index in [9.17, 15) is 26.4 Å². The van der Waals surface area contributed by atoms with Gasteiger partial charge in [-0.1, -0.05) is 18.2 Å². The number of halogens is 3. The van der Waals surface area contributed by atoms with Crippen LogP contribution in [0.1, 0.15) is 30.4 Å². The van der Waals surface area contributed by atoms with Gasteiger partial charge in [0.1, 0.15) is 0 Å². The molecule has 0 radical (unpaired) electrons. The highest BCUT2D eigenvalue weighted by Gasteiger charge is 2.30. The fourth-order valence-corrected chi connectivity index (χ4v) is 3.49. The van der Waals surface area contributed by atoms with Crippen molar-refractivity contribution in [1.82, 2.24) is 9.62 Å². The van der Waals surface area contributed by atoms with Crippen LogP contribution in [-0.2, 0) is 27.4 Å². The number of piperidine rings is 1. The quantitative estimate of drug-likeness (QED) is 0.809. The summed E-state index contributed by atoms with van der Waals surface area (Å²) in [6, 6.07) is 5.31. The third-order valence-electron chi connectivity index (χ3n) is 4.45. The lowest BCUT2D eigenvalue weighted by Gasteiger charge is -2.33. The first kappa shape index (κ1) is 20.7. The number of alkyl halides is 3. The molecule has 0 spiro atoms. The van der Waals surface area contributed by atoms with Gasteiger partial charge in [-0.05, 0) is 43.2 Å². The van der Waals surface area contributed by atoms with Crippen LogP contribution in [0.5, 0.6) is 0 Å². The van der Waals surface area contributed by atoms with Gasteiger partial charge in [0.25, 0.3) is 0 Å². The Hall–Kier alpha value is -1.61. The molecule has 2 rings (SSSR count). The standard InChI is InChI=1S/C17H23F3N2O3S/c1-26(24,25)21-11-16(23)22-9-3-5-14(12-22)8-7-13-4-2-6-15(10-13)17(18,19)20/h2,4,6,10,14,21H,3,5,7-9,11-12H2,1H3/t14-/m1/s1. The van der Waals surface area contributed by atoms with Crippen molar-refractivity contribution in [1.29, 1.82) is 0 Å². The van der Waals surface area contributed by atoms with Crippen LogP contribution >= 0.6 is 0 Å². The lowest BCUT2D eigenvalue weighted by atomic mass is 9.91. The first-order chi connectivity index (χ1) is 12.0. The van der Waals surface area contributed by atoms with Gasteiger partial charge >= 0.3 is 6.18 Å². The molecule has 1 aliphatic rings. The summed E-state index contributed by atoms with van der Waals surface area (Å²) in [5.41, 5.74) is -0.0238. The maximum atomic E-state index is 12.8. The molecule has 1 N–H and O–H groups in total. The van der Waals surface area contributed by atoms with Crippen molar-refractivity contribution in [3.05, 3.63) is 35.4 Å². The molecular weight excluding hydrogens is 369 g/mol. The number of nitrogens with one attached hydrogen (secondary N) is 1. The number of aryl methyl sites for hydroxylation is 1. The first-order valence-electron chi connectivity index (χ1n) is 8.43. The van der Waals surface area contributed by atoms with Gasteiger partial charge in [0.05, 0.1) is 18.4 Å². The largest absolute Gasteiger partial charge is 0.416 e. The monoisotopic (exact) mass is 392 g/mol. The van der Waals surface area contributed by atoms with Crippen LogP contribution in [-0.4, -0.2) is 45.1 Å². The topological polar surface area (TPSA) is 66.5 Å². The second kappa shape index (κ2) is 8.39. The zero-order chi connectivity index (χ0) is 19.4. The number of hydrogen-bond acceptors (Lipinski definition) is 3. The van der Waals surface area contributed by atoms with Crippen molar-refractivity contribution in [2.24, 2.45) is 5.92 Å². The van der Waals surface area contributed by atoms with E-state index in [1.54, 1.807) is 11.0 Å². The molecule has 0 saturated carbocycles. The summed E-state index contributed by atoms with van der Waals surface area (Å²) in [5, 5.41) is 0. The minimum atomic E-state index is -4.35. The van der Waals surface area contributed by atoms with Crippen LogP contribution in [0.2, 0.25) is 0 Å². The van der Waals surface area contributed by atoms with Crippen molar-refractivity contribution < 1.29 is 26.4 Å². The Kier molecular flexibility index (Phi) is 6.68. The molecular formula is C17H23F3N2O3S. The number of hydrogen-bond donors (Lipinski definition) is 1. The third kappa shape index (κ3) is 6.60. The molecule has 0 unspecified atom stereocenters. The summed E-state index contributed by atoms with van der Waals surface area (Å²) in [6.45, 7) is 0.812. The van der Waals surface area contributed by atoms with E-state index in [1.165, 1.54) is 12.1 Å². The number of nitrogens with zero attached hydrogens (tertiary/aromatic N) is 1. The molecule has 1 aliphatic heterocycles. The van der Waals surface area contributed by atoms with Gasteiger partial charge in [0.2, 0.25) is 15.9 Å². The Labute approximate surface area is 151 Å². The van der Waals surface area contributed by atoms with Crippen LogP contribution < -0.4 is 4.72 Å². The molecule has 9 heteroatoms. The van der Waals surface area contributed by atoms with Gasteiger partial charge in [-0.25, -0.2) is 13.1 Å². The molecule has 1 amide bonds. The predicted octanol–water partition coefficient (Wildman–Crippen LogP) is 2.43. The minimum absolute atomic E-state index is 0.195. The highest BCUT2D eigenvalue weighted by atomic mass is 32.2. The average molecular weight is 392 g/mol. The number of amides is 1. The molecule has 5 nitrogen and oxygen atoms in total. The second-order valence-corrected chi connectivity index (χ2v) is 8.51. The Morgan fingerprint density at radius 1 is 1.35 bits per heavy atom. The van der Waals surface area contributed by atoms with Gasteiger partial charge in [0, 0.05) is 13.1 Å². The molecule has 26 heavy (non-hydrogen) atoms.